The molecule has 0 aliphatic carbocycles. The lowest BCUT2D eigenvalue weighted by molar-refractivity contribution is -0.00686. The van der Waals surface area contributed by atoms with Crippen LogP contribution in [0.4, 0.5) is 0 Å². The van der Waals surface area contributed by atoms with E-state index in [0.29, 0.717) is 0 Å². The molecule has 0 fully saturated rings. The molecular weight excluding hydrogens is 402 g/mol. The number of ether oxygens (including phenoxy) is 2. The molecule has 2 rings (SSSR count). The SMILES string of the molecule is CN(C)CC(COC(=O)c1cc(O)c(O)c(O)c1)OC(=O)c1cc(O)c(O)c(O)c1. The maximum absolute atomic E-state index is 12.3. The third-order valence-electron chi connectivity index (χ3n) is 3.85. The highest BCUT2D eigenvalue weighted by molar-refractivity contribution is 5.92. The molecule has 1 unspecified atom stereocenters. The van der Waals surface area contributed by atoms with E-state index < -0.39 is 59.1 Å². The first-order valence-corrected chi connectivity index (χ1v) is 8.52. The second-order valence-corrected chi connectivity index (χ2v) is 6.61. The molecule has 11 heteroatoms. The Bertz CT molecular complexity index is 910. The van der Waals surface area contributed by atoms with Crippen LogP contribution in [0.25, 0.3) is 0 Å². The normalized spacial score (nSPS) is 11.8. The number of likely N-dealkylation sites (N-methyl/N-ethyl adjacent to an activating group) is 1. The van der Waals surface area contributed by atoms with E-state index in [1.54, 1.807) is 19.0 Å². The highest BCUT2D eigenvalue weighted by Crippen LogP contribution is 2.36. The fourth-order valence-corrected chi connectivity index (χ4v) is 2.45. The molecule has 2 aromatic carbocycles. The van der Waals surface area contributed by atoms with Crippen molar-refractivity contribution in [2.24, 2.45) is 0 Å². The predicted octanol–water partition coefficient (Wildman–Crippen LogP) is 0.864. The Morgan fingerprint density at radius 1 is 0.800 bits per heavy atom. The standard InChI is InChI=1S/C19H21NO10/c1-20(2)7-11(30-19(28)10-5-14(23)17(26)15(24)6-10)8-29-18(27)9-3-12(21)16(25)13(22)4-9/h3-6,11,21-26H,7-8H2,1-2H3. The average Bonchev–Trinajstić information content (AvgIpc) is 2.66. The topological polar surface area (TPSA) is 177 Å². The van der Waals surface area contributed by atoms with Crippen molar-refractivity contribution < 1.29 is 49.7 Å². The van der Waals surface area contributed by atoms with Gasteiger partial charge in [0.2, 0.25) is 0 Å². The summed E-state index contributed by atoms with van der Waals surface area (Å²) < 4.78 is 10.3. The minimum absolute atomic E-state index is 0.140. The van der Waals surface area contributed by atoms with Crippen LogP contribution in [0.5, 0.6) is 34.5 Å². The van der Waals surface area contributed by atoms with Gasteiger partial charge in [-0.15, -0.1) is 0 Å². The summed E-state index contributed by atoms with van der Waals surface area (Å²) in [6, 6.07) is 3.59. The number of hydrogen-bond acceptors (Lipinski definition) is 11. The van der Waals surface area contributed by atoms with Crippen LogP contribution in [0.1, 0.15) is 20.7 Å². The predicted molar refractivity (Wildman–Crippen MR) is 101 cm³/mol. The lowest BCUT2D eigenvalue weighted by Crippen LogP contribution is -2.35. The summed E-state index contributed by atoms with van der Waals surface area (Å²) in [5.74, 6) is -6.36. The molecule has 0 saturated heterocycles. The zero-order valence-electron chi connectivity index (χ0n) is 16.1. The van der Waals surface area contributed by atoms with Gasteiger partial charge in [0.1, 0.15) is 12.7 Å². The minimum atomic E-state index is -0.964. The van der Waals surface area contributed by atoms with Crippen LogP contribution in [-0.4, -0.2) is 80.8 Å². The van der Waals surface area contributed by atoms with Gasteiger partial charge in [-0.25, -0.2) is 9.59 Å². The number of aromatic hydroxyl groups is 6. The lowest BCUT2D eigenvalue weighted by atomic mass is 10.2. The summed E-state index contributed by atoms with van der Waals surface area (Å²) in [6.07, 6.45) is -0.964. The summed E-state index contributed by atoms with van der Waals surface area (Å²) in [5.41, 5.74) is -0.489. The number of benzene rings is 2. The van der Waals surface area contributed by atoms with E-state index in [9.17, 15) is 40.2 Å². The lowest BCUT2D eigenvalue weighted by Gasteiger charge is -2.21. The monoisotopic (exact) mass is 423 g/mol. The van der Waals surface area contributed by atoms with E-state index in [0.717, 1.165) is 24.3 Å². The fourth-order valence-electron chi connectivity index (χ4n) is 2.45. The quantitative estimate of drug-likeness (QED) is 0.275. The molecule has 6 N–H and O–H groups in total. The Kier molecular flexibility index (Phi) is 6.80. The van der Waals surface area contributed by atoms with Crippen molar-refractivity contribution in [3.63, 3.8) is 0 Å². The first kappa shape index (κ1) is 22.4. The number of nitrogens with zero attached hydrogens (tertiary/aromatic N) is 1. The highest BCUT2D eigenvalue weighted by Gasteiger charge is 2.22. The van der Waals surface area contributed by atoms with Crippen molar-refractivity contribution in [2.75, 3.05) is 27.2 Å². The molecule has 0 bridgehead atoms. The Morgan fingerprint density at radius 2 is 1.20 bits per heavy atom. The van der Waals surface area contributed by atoms with Crippen LogP contribution < -0.4 is 0 Å². The first-order valence-electron chi connectivity index (χ1n) is 8.52. The van der Waals surface area contributed by atoms with Gasteiger partial charge in [0, 0.05) is 6.54 Å². The molecule has 162 valence electrons. The molecule has 11 nitrogen and oxygen atoms in total. The third kappa shape index (κ3) is 5.35. The maximum atomic E-state index is 12.3. The maximum Gasteiger partial charge on any atom is 0.338 e. The van der Waals surface area contributed by atoms with Gasteiger partial charge >= 0.3 is 11.9 Å². The molecule has 0 aromatic heterocycles. The summed E-state index contributed by atoms with van der Waals surface area (Å²) >= 11 is 0. The molecule has 0 amide bonds. The number of rotatable bonds is 7. The first-order chi connectivity index (χ1) is 14.0. The number of carbonyl (C=O) groups excluding carboxylic acids is 2. The second-order valence-electron chi connectivity index (χ2n) is 6.61. The Labute approximate surface area is 170 Å². The van der Waals surface area contributed by atoms with E-state index in [-0.39, 0.29) is 17.7 Å². The van der Waals surface area contributed by atoms with Gasteiger partial charge in [0.05, 0.1) is 11.1 Å². The zero-order valence-corrected chi connectivity index (χ0v) is 16.1. The van der Waals surface area contributed by atoms with Crippen LogP contribution in [0, 0.1) is 0 Å². The molecule has 0 aliphatic heterocycles. The molecule has 0 aliphatic rings. The van der Waals surface area contributed by atoms with Gasteiger partial charge in [-0.3, -0.25) is 0 Å². The third-order valence-corrected chi connectivity index (χ3v) is 3.85. The van der Waals surface area contributed by atoms with Crippen LogP contribution in [0.3, 0.4) is 0 Å². The molecular formula is C19H21NO10. The zero-order chi connectivity index (χ0) is 22.6. The Morgan fingerprint density at radius 3 is 1.60 bits per heavy atom. The van der Waals surface area contributed by atoms with E-state index >= 15 is 0 Å². The summed E-state index contributed by atoms with van der Waals surface area (Å²) in [7, 11) is 3.35. The number of esters is 2. The molecule has 0 radical (unpaired) electrons. The van der Waals surface area contributed by atoms with E-state index in [1.165, 1.54) is 0 Å². The van der Waals surface area contributed by atoms with Gasteiger partial charge in [0.15, 0.2) is 34.5 Å². The van der Waals surface area contributed by atoms with E-state index in [2.05, 4.69) is 0 Å². The van der Waals surface area contributed by atoms with Crippen molar-refractivity contribution in [3.05, 3.63) is 35.4 Å². The Hall–Kier alpha value is -3.86. The molecule has 0 spiro atoms. The van der Waals surface area contributed by atoms with Gasteiger partial charge < -0.3 is 45.0 Å². The molecule has 0 saturated carbocycles. The molecule has 30 heavy (non-hydrogen) atoms. The van der Waals surface area contributed by atoms with Crippen LogP contribution in [-0.2, 0) is 9.47 Å². The molecule has 1 atom stereocenters. The smallest absolute Gasteiger partial charge is 0.338 e. The van der Waals surface area contributed by atoms with Crippen LogP contribution in [0.2, 0.25) is 0 Å². The summed E-state index contributed by atoms with van der Waals surface area (Å²) in [6.45, 7) is -0.262. The highest BCUT2D eigenvalue weighted by atomic mass is 16.6. The number of phenols is 6. The molecule has 0 heterocycles. The van der Waals surface area contributed by atoms with Gasteiger partial charge in [-0.05, 0) is 38.4 Å². The summed E-state index contributed by atoms with van der Waals surface area (Å²) in [4.78, 5) is 26.1. The van der Waals surface area contributed by atoms with E-state index in [1.807, 2.05) is 0 Å². The number of carbonyl (C=O) groups is 2. The van der Waals surface area contributed by atoms with Crippen molar-refractivity contribution in [3.8, 4) is 34.5 Å². The van der Waals surface area contributed by atoms with Gasteiger partial charge in [-0.1, -0.05) is 0 Å². The van der Waals surface area contributed by atoms with Crippen LogP contribution in [0.15, 0.2) is 24.3 Å². The minimum Gasteiger partial charge on any atom is -0.504 e. The summed E-state index contributed by atoms with van der Waals surface area (Å²) in [5, 5.41) is 56.7. The molecule has 2 aromatic rings. The number of hydrogen-bond donors (Lipinski definition) is 6. The number of phenolic OH excluding ortho intramolecular Hbond substituents is 6. The van der Waals surface area contributed by atoms with Crippen LogP contribution >= 0.6 is 0 Å². The van der Waals surface area contributed by atoms with Crippen molar-refractivity contribution in [1.29, 1.82) is 0 Å². The van der Waals surface area contributed by atoms with Crippen molar-refractivity contribution in [2.45, 2.75) is 6.10 Å². The van der Waals surface area contributed by atoms with Gasteiger partial charge in [-0.2, -0.15) is 0 Å². The fraction of sp³-hybridized carbons (Fsp3) is 0.263. The van der Waals surface area contributed by atoms with Crippen molar-refractivity contribution >= 4 is 11.9 Å². The largest absolute Gasteiger partial charge is 0.504 e. The van der Waals surface area contributed by atoms with E-state index in [4.69, 9.17) is 9.47 Å². The van der Waals surface area contributed by atoms with Gasteiger partial charge in [0.25, 0.3) is 0 Å². The second kappa shape index (κ2) is 9.09. The average molecular weight is 423 g/mol. The van der Waals surface area contributed by atoms with Crippen molar-refractivity contribution in [1.82, 2.24) is 4.90 Å². The Balaban J connectivity index is 2.11.